The second-order valence-electron chi connectivity index (χ2n) is 3.43. The van der Waals surface area contributed by atoms with Crippen LogP contribution < -0.4 is 5.32 Å². The highest BCUT2D eigenvalue weighted by atomic mass is 79.9. The quantitative estimate of drug-likeness (QED) is 0.927. The van der Waals surface area contributed by atoms with E-state index in [-0.39, 0.29) is 11.3 Å². The summed E-state index contributed by atoms with van der Waals surface area (Å²) in [7, 11) is 0. The van der Waals surface area contributed by atoms with E-state index in [9.17, 15) is 14.0 Å². The van der Waals surface area contributed by atoms with E-state index in [1.807, 2.05) is 0 Å². The Labute approximate surface area is 101 Å². The van der Waals surface area contributed by atoms with Crippen molar-refractivity contribution in [2.45, 2.75) is 19.9 Å². The van der Waals surface area contributed by atoms with E-state index >= 15 is 0 Å². The number of hydrogen-bond acceptors (Lipinski definition) is 2. The minimum absolute atomic E-state index is 0.0729. The highest BCUT2D eigenvalue weighted by molar-refractivity contribution is 9.10. The summed E-state index contributed by atoms with van der Waals surface area (Å²) in [6.45, 7) is 2.92. The lowest BCUT2D eigenvalue weighted by molar-refractivity contribution is -0.118. The molecule has 0 saturated heterocycles. The molecule has 1 unspecified atom stereocenters. The van der Waals surface area contributed by atoms with Crippen LogP contribution in [0.15, 0.2) is 22.7 Å². The van der Waals surface area contributed by atoms with Crippen molar-refractivity contribution >= 4 is 27.6 Å². The first kappa shape index (κ1) is 12.8. The largest absolute Gasteiger partial charge is 0.342 e. The van der Waals surface area contributed by atoms with Crippen molar-refractivity contribution in [2.75, 3.05) is 0 Å². The van der Waals surface area contributed by atoms with Gasteiger partial charge in [0.1, 0.15) is 5.82 Å². The van der Waals surface area contributed by atoms with Gasteiger partial charge in [-0.1, -0.05) is 15.9 Å². The molecule has 1 aromatic rings. The average molecular weight is 288 g/mol. The van der Waals surface area contributed by atoms with Crippen LogP contribution in [0, 0.1) is 5.82 Å². The molecule has 0 radical (unpaired) electrons. The molecule has 0 bridgehead atoms. The molecule has 0 spiro atoms. The number of Topliss-reactive ketones (excluding diaryl/α,β-unsaturated/α-hetero) is 1. The van der Waals surface area contributed by atoms with Gasteiger partial charge in [-0.15, -0.1) is 0 Å². The number of hydrogen-bond donors (Lipinski definition) is 1. The fourth-order valence-corrected chi connectivity index (χ4v) is 1.38. The molecule has 0 aliphatic rings. The highest BCUT2D eigenvalue weighted by Gasteiger charge is 2.16. The minimum Gasteiger partial charge on any atom is -0.342 e. The van der Waals surface area contributed by atoms with Gasteiger partial charge in [0.25, 0.3) is 5.91 Å². The van der Waals surface area contributed by atoms with Crippen molar-refractivity contribution in [3.63, 3.8) is 0 Å². The molecule has 1 amide bonds. The Balaban J connectivity index is 2.85. The molecule has 0 aliphatic heterocycles. The van der Waals surface area contributed by atoms with Crippen molar-refractivity contribution in [1.82, 2.24) is 5.32 Å². The minimum atomic E-state index is -0.623. The van der Waals surface area contributed by atoms with Crippen molar-refractivity contribution in [1.29, 1.82) is 0 Å². The second-order valence-corrected chi connectivity index (χ2v) is 4.35. The summed E-state index contributed by atoms with van der Waals surface area (Å²) in [5.74, 6) is -1.39. The smallest absolute Gasteiger partial charge is 0.254 e. The fraction of sp³-hybridized carbons (Fsp3) is 0.273. The van der Waals surface area contributed by atoms with Crippen molar-refractivity contribution < 1.29 is 14.0 Å². The van der Waals surface area contributed by atoms with Crippen LogP contribution in [-0.4, -0.2) is 17.7 Å². The number of rotatable bonds is 3. The zero-order chi connectivity index (χ0) is 12.3. The average Bonchev–Trinajstić information content (AvgIpc) is 2.16. The molecular weight excluding hydrogens is 277 g/mol. The highest BCUT2D eigenvalue weighted by Crippen LogP contribution is 2.15. The van der Waals surface area contributed by atoms with Crippen LogP contribution in [0.3, 0.4) is 0 Å². The van der Waals surface area contributed by atoms with Crippen LogP contribution in [0.5, 0.6) is 0 Å². The molecule has 1 N–H and O–H groups in total. The van der Waals surface area contributed by atoms with Gasteiger partial charge in [-0.25, -0.2) is 4.39 Å². The van der Waals surface area contributed by atoms with Gasteiger partial charge in [-0.2, -0.15) is 0 Å². The van der Waals surface area contributed by atoms with Crippen molar-refractivity contribution in [2.24, 2.45) is 0 Å². The first-order valence-corrected chi connectivity index (χ1v) is 5.47. The van der Waals surface area contributed by atoms with Crippen molar-refractivity contribution in [3.05, 3.63) is 34.1 Å². The predicted molar refractivity (Wildman–Crippen MR) is 61.7 cm³/mol. The Morgan fingerprint density at radius 2 is 2.06 bits per heavy atom. The van der Waals surface area contributed by atoms with E-state index in [2.05, 4.69) is 21.2 Å². The Bertz CT molecular complexity index is 434. The summed E-state index contributed by atoms with van der Waals surface area (Å²) in [6, 6.07) is 3.52. The lowest BCUT2D eigenvalue weighted by atomic mass is 10.1. The number of ketones is 1. The molecule has 1 aromatic carbocycles. The third-order valence-corrected chi connectivity index (χ3v) is 2.63. The Morgan fingerprint density at radius 1 is 1.44 bits per heavy atom. The van der Waals surface area contributed by atoms with E-state index in [0.717, 1.165) is 0 Å². The Hall–Kier alpha value is -1.23. The maximum absolute atomic E-state index is 13.4. The summed E-state index contributed by atoms with van der Waals surface area (Å²) < 4.78 is 13.9. The third kappa shape index (κ3) is 3.13. The molecule has 0 heterocycles. The number of carbonyl (C=O) groups is 2. The maximum Gasteiger partial charge on any atom is 0.254 e. The van der Waals surface area contributed by atoms with Crippen LogP contribution in [0.25, 0.3) is 0 Å². The van der Waals surface area contributed by atoms with Gasteiger partial charge in [0.2, 0.25) is 0 Å². The topological polar surface area (TPSA) is 46.2 Å². The molecule has 16 heavy (non-hydrogen) atoms. The molecule has 3 nitrogen and oxygen atoms in total. The zero-order valence-electron chi connectivity index (χ0n) is 8.88. The lowest BCUT2D eigenvalue weighted by Crippen LogP contribution is -2.37. The molecular formula is C11H11BrFNO2. The zero-order valence-corrected chi connectivity index (χ0v) is 10.5. The van der Waals surface area contributed by atoms with E-state index < -0.39 is 17.8 Å². The predicted octanol–water partition coefficient (Wildman–Crippen LogP) is 2.30. The van der Waals surface area contributed by atoms with Gasteiger partial charge in [-0.3, -0.25) is 9.59 Å². The van der Waals surface area contributed by atoms with Gasteiger partial charge in [0, 0.05) is 4.47 Å². The first-order valence-electron chi connectivity index (χ1n) is 4.68. The normalized spacial score (nSPS) is 12.0. The number of halogens is 2. The molecule has 0 aliphatic carbocycles. The summed E-state index contributed by atoms with van der Waals surface area (Å²) in [5.41, 5.74) is -0.0729. The van der Waals surface area contributed by atoms with Gasteiger partial charge >= 0.3 is 0 Å². The van der Waals surface area contributed by atoms with E-state index in [1.54, 1.807) is 13.0 Å². The van der Waals surface area contributed by atoms with Crippen LogP contribution in [0.4, 0.5) is 4.39 Å². The summed E-state index contributed by atoms with van der Waals surface area (Å²) in [4.78, 5) is 22.5. The summed E-state index contributed by atoms with van der Waals surface area (Å²) in [6.07, 6.45) is 0. The fourth-order valence-electron chi connectivity index (χ4n) is 1.05. The lowest BCUT2D eigenvalue weighted by Gasteiger charge is -2.10. The monoisotopic (exact) mass is 287 g/mol. The standard InChI is InChI=1S/C11H11BrFNO2/c1-6(7(2)15)14-11(16)9-4-3-8(12)5-10(9)13/h3-6H,1-2H3,(H,14,16). The Morgan fingerprint density at radius 3 is 2.56 bits per heavy atom. The van der Waals surface area contributed by atoms with Crippen LogP contribution in [0.1, 0.15) is 24.2 Å². The number of benzene rings is 1. The molecule has 5 heteroatoms. The molecule has 86 valence electrons. The third-order valence-electron chi connectivity index (χ3n) is 2.13. The van der Waals surface area contributed by atoms with Gasteiger partial charge in [-0.05, 0) is 32.0 Å². The van der Waals surface area contributed by atoms with Crippen LogP contribution in [0.2, 0.25) is 0 Å². The van der Waals surface area contributed by atoms with Gasteiger partial charge < -0.3 is 5.32 Å². The van der Waals surface area contributed by atoms with Crippen LogP contribution in [-0.2, 0) is 4.79 Å². The molecule has 0 fully saturated rings. The number of amides is 1. The number of carbonyl (C=O) groups excluding carboxylic acids is 2. The van der Waals surface area contributed by atoms with E-state index in [1.165, 1.54) is 19.1 Å². The van der Waals surface area contributed by atoms with E-state index in [0.29, 0.717) is 4.47 Å². The molecule has 0 aromatic heterocycles. The van der Waals surface area contributed by atoms with Gasteiger partial charge in [0.05, 0.1) is 11.6 Å². The summed E-state index contributed by atoms with van der Waals surface area (Å²) in [5, 5.41) is 2.41. The summed E-state index contributed by atoms with van der Waals surface area (Å²) >= 11 is 3.09. The molecule has 1 atom stereocenters. The van der Waals surface area contributed by atoms with Crippen LogP contribution >= 0.6 is 15.9 Å². The SMILES string of the molecule is CC(=O)C(C)NC(=O)c1ccc(Br)cc1F. The Kier molecular flexibility index (Phi) is 4.18. The maximum atomic E-state index is 13.4. The second kappa shape index (κ2) is 5.21. The number of nitrogens with one attached hydrogen (secondary N) is 1. The van der Waals surface area contributed by atoms with Gasteiger partial charge in [0.15, 0.2) is 5.78 Å². The molecule has 0 saturated carbocycles. The van der Waals surface area contributed by atoms with Crippen molar-refractivity contribution in [3.8, 4) is 0 Å². The molecule has 1 rings (SSSR count). The van der Waals surface area contributed by atoms with E-state index in [4.69, 9.17) is 0 Å². The first-order chi connectivity index (χ1) is 7.41.